The summed E-state index contributed by atoms with van der Waals surface area (Å²) in [4.78, 5) is 0.329. The van der Waals surface area contributed by atoms with Gasteiger partial charge in [0.05, 0.1) is 4.90 Å². The quantitative estimate of drug-likeness (QED) is 0.627. The number of sulfone groups is 1. The topological polar surface area (TPSA) is 34.1 Å². The van der Waals surface area contributed by atoms with E-state index in [0.29, 0.717) is 4.90 Å². The minimum atomic E-state index is -3.44. The lowest BCUT2D eigenvalue weighted by atomic mass is 9.91. The third-order valence-corrected chi connectivity index (χ3v) is 5.70. The molecule has 0 N–H and O–H groups in total. The lowest BCUT2D eigenvalue weighted by molar-refractivity contribution is 0.478. The highest BCUT2D eigenvalue weighted by Crippen LogP contribution is 2.29. The zero-order valence-corrected chi connectivity index (χ0v) is 11.9. The van der Waals surface area contributed by atoms with Crippen molar-refractivity contribution in [3.05, 3.63) is 42.0 Å². The van der Waals surface area contributed by atoms with Crippen LogP contribution in [-0.4, -0.2) is 13.7 Å². The summed E-state index contributed by atoms with van der Waals surface area (Å²) < 4.78 is 25.2. The summed E-state index contributed by atoms with van der Waals surface area (Å²) in [5, 5.41) is -0.722. The Morgan fingerprint density at radius 2 is 1.95 bits per heavy atom. The first kappa shape index (κ1) is 13.9. The largest absolute Gasteiger partial charge is 0.222 e. The first-order valence-corrected chi connectivity index (χ1v) is 8.02. The smallest absolute Gasteiger partial charge is 0.192 e. The molecule has 2 unspecified atom stereocenters. The van der Waals surface area contributed by atoms with Gasteiger partial charge in [0.15, 0.2) is 9.84 Å². The molecule has 0 aliphatic heterocycles. The van der Waals surface area contributed by atoms with Crippen molar-refractivity contribution in [1.29, 1.82) is 0 Å². The molecule has 1 aromatic rings. The zero-order chi connectivity index (χ0) is 13.9. The molecule has 0 radical (unpaired) electrons. The van der Waals surface area contributed by atoms with Gasteiger partial charge in [-0.3, -0.25) is 0 Å². The fraction of sp³-hybridized carbons (Fsp3) is 0.375. The molecule has 0 aromatic heterocycles. The predicted octanol–water partition coefficient (Wildman–Crippen LogP) is 3.13. The van der Waals surface area contributed by atoms with Gasteiger partial charge < -0.3 is 0 Å². The van der Waals surface area contributed by atoms with Gasteiger partial charge in [-0.1, -0.05) is 35.8 Å². The molecular formula is C16H18O2S. The van der Waals surface area contributed by atoms with Gasteiger partial charge in [-0.15, -0.1) is 6.42 Å². The number of hydrogen-bond acceptors (Lipinski definition) is 2. The molecule has 0 amide bonds. The Morgan fingerprint density at radius 1 is 1.26 bits per heavy atom. The number of allylic oxidation sites excluding steroid dienone is 2. The molecule has 1 aliphatic carbocycles. The van der Waals surface area contributed by atoms with Crippen molar-refractivity contribution in [3.8, 4) is 12.3 Å². The molecule has 2 atom stereocenters. The van der Waals surface area contributed by atoms with Crippen LogP contribution in [0.2, 0.25) is 0 Å². The van der Waals surface area contributed by atoms with E-state index < -0.39 is 15.1 Å². The third kappa shape index (κ3) is 2.90. The van der Waals surface area contributed by atoms with E-state index in [2.05, 4.69) is 12.0 Å². The zero-order valence-electron chi connectivity index (χ0n) is 11.0. The van der Waals surface area contributed by atoms with Crippen molar-refractivity contribution in [3.63, 3.8) is 0 Å². The first-order chi connectivity index (χ1) is 9.05. The van der Waals surface area contributed by atoms with Crippen LogP contribution in [0.3, 0.4) is 0 Å². The summed E-state index contributed by atoms with van der Waals surface area (Å²) in [6.45, 7) is 1.93. The second-order valence-corrected chi connectivity index (χ2v) is 7.06. The highest BCUT2D eigenvalue weighted by molar-refractivity contribution is 7.92. The minimum Gasteiger partial charge on any atom is -0.222 e. The average Bonchev–Trinajstić information content (AvgIpc) is 2.41. The molecule has 100 valence electrons. The standard InChI is InChI=1S/C16H18O2S/c1-3-16(14-7-5-4-6-8-14)19(17,18)15-11-9-13(2)10-12-15/h1,4-5,9-12,14,16H,6-8H2,2H3. The van der Waals surface area contributed by atoms with Crippen LogP contribution in [0.5, 0.6) is 0 Å². The normalized spacial score (nSPS) is 20.7. The van der Waals surface area contributed by atoms with Crippen molar-refractivity contribution in [2.24, 2.45) is 5.92 Å². The van der Waals surface area contributed by atoms with E-state index in [1.165, 1.54) is 0 Å². The monoisotopic (exact) mass is 274 g/mol. The Balaban J connectivity index is 2.33. The van der Waals surface area contributed by atoms with E-state index in [0.717, 1.165) is 24.8 Å². The van der Waals surface area contributed by atoms with Gasteiger partial charge in [0.2, 0.25) is 0 Å². The van der Waals surface area contributed by atoms with E-state index in [1.807, 2.05) is 13.0 Å². The highest BCUT2D eigenvalue weighted by Gasteiger charge is 2.32. The van der Waals surface area contributed by atoms with Crippen LogP contribution in [0.15, 0.2) is 41.3 Å². The van der Waals surface area contributed by atoms with Gasteiger partial charge in [-0.05, 0) is 44.2 Å². The van der Waals surface area contributed by atoms with Crippen LogP contribution in [0.4, 0.5) is 0 Å². The van der Waals surface area contributed by atoms with Crippen LogP contribution in [0.25, 0.3) is 0 Å². The number of terminal acetylenes is 1. The Labute approximate surface area is 115 Å². The Bertz CT molecular complexity index is 603. The van der Waals surface area contributed by atoms with E-state index in [1.54, 1.807) is 24.3 Å². The van der Waals surface area contributed by atoms with Crippen LogP contribution in [0.1, 0.15) is 24.8 Å². The summed E-state index contributed by atoms with van der Waals surface area (Å²) >= 11 is 0. The number of hydrogen-bond donors (Lipinski definition) is 0. The molecule has 1 aromatic carbocycles. The molecule has 19 heavy (non-hydrogen) atoms. The summed E-state index contributed by atoms with van der Waals surface area (Å²) in [6, 6.07) is 6.91. The molecule has 0 heterocycles. The number of rotatable bonds is 3. The Hall–Kier alpha value is -1.53. The van der Waals surface area contributed by atoms with E-state index in [4.69, 9.17) is 6.42 Å². The summed E-state index contributed by atoms with van der Waals surface area (Å²) in [6.07, 6.45) is 12.1. The maximum Gasteiger partial charge on any atom is 0.192 e. The minimum absolute atomic E-state index is 0.0290. The van der Waals surface area contributed by atoms with Crippen LogP contribution < -0.4 is 0 Å². The first-order valence-electron chi connectivity index (χ1n) is 6.47. The maximum atomic E-state index is 12.6. The van der Waals surface area contributed by atoms with Crippen molar-refractivity contribution in [2.75, 3.05) is 0 Å². The fourth-order valence-electron chi connectivity index (χ4n) is 2.45. The lowest BCUT2D eigenvalue weighted by Crippen LogP contribution is -2.29. The number of aryl methyl sites for hydroxylation is 1. The van der Waals surface area contributed by atoms with Crippen molar-refractivity contribution in [1.82, 2.24) is 0 Å². The van der Waals surface area contributed by atoms with E-state index in [9.17, 15) is 8.42 Å². The molecular weight excluding hydrogens is 256 g/mol. The molecule has 0 saturated carbocycles. The lowest BCUT2D eigenvalue weighted by Gasteiger charge is -2.24. The third-order valence-electron chi connectivity index (χ3n) is 3.59. The molecule has 1 aliphatic rings. The molecule has 3 heteroatoms. The van der Waals surface area contributed by atoms with Crippen LogP contribution in [-0.2, 0) is 9.84 Å². The molecule has 0 bridgehead atoms. The van der Waals surface area contributed by atoms with Crippen LogP contribution >= 0.6 is 0 Å². The highest BCUT2D eigenvalue weighted by atomic mass is 32.2. The summed E-state index contributed by atoms with van der Waals surface area (Å²) in [5.41, 5.74) is 1.04. The number of benzene rings is 1. The molecule has 0 spiro atoms. The van der Waals surface area contributed by atoms with Gasteiger partial charge in [0.25, 0.3) is 0 Å². The van der Waals surface area contributed by atoms with Crippen molar-refractivity contribution in [2.45, 2.75) is 36.3 Å². The SMILES string of the molecule is C#CC(C1CC=CCC1)S(=O)(=O)c1ccc(C)cc1. The summed E-state index contributed by atoms with van der Waals surface area (Å²) in [5.74, 6) is 2.53. The van der Waals surface area contributed by atoms with E-state index in [-0.39, 0.29) is 5.92 Å². The molecule has 2 nitrogen and oxygen atoms in total. The van der Waals surface area contributed by atoms with Gasteiger partial charge >= 0.3 is 0 Å². The van der Waals surface area contributed by atoms with Gasteiger partial charge in [-0.2, -0.15) is 0 Å². The van der Waals surface area contributed by atoms with Gasteiger partial charge in [0.1, 0.15) is 5.25 Å². The predicted molar refractivity (Wildman–Crippen MR) is 77.5 cm³/mol. The molecule has 0 saturated heterocycles. The van der Waals surface area contributed by atoms with Gasteiger partial charge in [-0.25, -0.2) is 8.42 Å². The Morgan fingerprint density at radius 3 is 2.47 bits per heavy atom. The second-order valence-electron chi connectivity index (χ2n) is 4.99. The maximum absolute atomic E-state index is 12.6. The van der Waals surface area contributed by atoms with Gasteiger partial charge in [0, 0.05) is 0 Å². The Kier molecular flexibility index (Phi) is 4.11. The summed E-state index contributed by atoms with van der Waals surface area (Å²) in [7, 11) is -3.44. The average molecular weight is 274 g/mol. The van der Waals surface area contributed by atoms with Crippen molar-refractivity contribution >= 4 is 9.84 Å². The van der Waals surface area contributed by atoms with E-state index >= 15 is 0 Å². The van der Waals surface area contributed by atoms with Crippen LogP contribution in [0, 0.1) is 25.2 Å². The fourth-order valence-corrected chi connectivity index (χ4v) is 4.19. The second kappa shape index (κ2) is 5.63. The molecule has 2 rings (SSSR count). The molecule has 0 fully saturated rings. The van der Waals surface area contributed by atoms with Crippen molar-refractivity contribution < 1.29 is 8.42 Å².